The second-order valence-corrected chi connectivity index (χ2v) is 5.69. The van der Waals surface area contributed by atoms with Crippen molar-refractivity contribution in [3.05, 3.63) is 58.7 Å². The van der Waals surface area contributed by atoms with Crippen molar-refractivity contribution in [3.63, 3.8) is 0 Å². The van der Waals surface area contributed by atoms with Crippen molar-refractivity contribution in [2.75, 3.05) is 19.0 Å². The van der Waals surface area contributed by atoms with Crippen LogP contribution in [0.2, 0.25) is 0 Å². The van der Waals surface area contributed by atoms with E-state index in [1.807, 2.05) is 6.07 Å². The lowest BCUT2D eigenvalue weighted by atomic mass is 9.99. The zero-order valence-electron chi connectivity index (χ0n) is 13.7. The van der Waals surface area contributed by atoms with Crippen LogP contribution in [0.1, 0.15) is 16.7 Å². The number of fused-ring (bicyclic) bond motifs is 1. The van der Waals surface area contributed by atoms with E-state index in [1.165, 1.54) is 19.2 Å². The van der Waals surface area contributed by atoms with Crippen molar-refractivity contribution in [2.24, 2.45) is 0 Å². The number of amides is 1. The quantitative estimate of drug-likeness (QED) is 0.871. The SMILES string of the molecule is COc1ccc(CC(=O)Nc2ccc3c(c2F)CCNC3)cc1F.Cl. The first-order valence-corrected chi connectivity index (χ1v) is 7.71. The van der Waals surface area contributed by atoms with Gasteiger partial charge in [0, 0.05) is 6.54 Å². The Labute approximate surface area is 151 Å². The third-order valence-electron chi connectivity index (χ3n) is 4.06. The van der Waals surface area contributed by atoms with Gasteiger partial charge in [-0.2, -0.15) is 0 Å². The summed E-state index contributed by atoms with van der Waals surface area (Å²) in [5.41, 5.74) is 2.21. The van der Waals surface area contributed by atoms with Gasteiger partial charge in [0.1, 0.15) is 5.82 Å². The molecule has 0 unspecified atom stereocenters. The Morgan fingerprint density at radius 1 is 1.28 bits per heavy atom. The summed E-state index contributed by atoms with van der Waals surface area (Å²) in [6, 6.07) is 7.69. The zero-order valence-corrected chi connectivity index (χ0v) is 14.5. The van der Waals surface area contributed by atoms with Crippen LogP contribution in [0.4, 0.5) is 14.5 Å². The van der Waals surface area contributed by atoms with Crippen LogP contribution in [0.15, 0.2) is 30.3 Å². The number of nitrogens with one attached hydrogen (secondary N) is 2. The molecule has 0 aromatic heterocycles. The van der Waals surface area contributed by atoms with Crippen molar-refractivity contribution >= 4 is 24.0 Å². The van der Waals surface area contributed by atoms with Crippen LogP contribution in [0.3, 0.4) is 0 Å². The zero-order chi connectivity index (χ0) is 17.1. The molecule has 0 fully saturated rings. The molecule has 2 aromatic rings. The van der Waals surface area contributed by atoms with Gasteiger partial charge >= 0.3 is 0 Å². The van der Waals surface area contributed by atoms with Gasteiger partial charge < -0.3 is 15.4 Å². The summed E-state index contributed by atoms with van der Waals surface area (Å²) in [5, 5.41) is 5.74. The summed E-state index contributed by atoms with van der Waals surface area (Å²) in [6.07, 6.45) is 0.549. The van der Waals surface area contributed by atoms with Crippen LogP contribution >= 0.6 is 12.4 Å². The van der Waals surface area contributed by atoms with Gasteiger partial charge in [0.25, 0.3) is 0 Å². The number of halogens is 3. The van der Waals surface area contributed by atoms with Crippen LogP contribution in [0, 0.1) is 11.6 Å². The molecule has 0 saturated heterocycles. The lowest BCUT2D eigenvalue weighted by molar-refractivity contribution is -0.115. The maximum Gasteiger partial charge on any atom is 0.228 e. The number of benzene rings is 2. The molecule has 3 rings (SSSR count). The molecule has 0 atom stereocenters. The summed E-state index contributed by atoms with van der Waals surface area (Å²) in [5.74, 6) is -1.20. The number of methoxy groups -OCH3 is 1. The second-order valence-electron chi connectivity index (χ2n) is 5.69. The van der Waals surface area contributed by atoms with Crippen molar-refractivity contribution in [1.82, 2.24) is 5.32 Å². The lowest BCUT2D eigenvalue weighted by Crippen LogP contribution is -2.25. The summed E-state index contributed by atoms with van der Waals surface area (Å²) < 4.78 is 33.0. The van der Waals surface area contributed by atoms with Crippen LogP contribution in [0.25, 0.3) is 0 Å². The highest BCUT2D eigenvalue weighted by Crippen LogP contribution is 2.25. The Morgan fingerprint density at radius 3 is 2.80 bits per heavy atom. The van der Waals surface area contributed by atoms with Gasteiger partial charge in [0.05, 0.1) is 19.2 Å². The molecular formula is C18H19ClF2N2O2. The third kappa shape index (κ3) is 4.27. The molecule has 0 radical (unpaired) electrons. The van der Waals surface area contributed by atoms with Crippen molar-refractivity contribution in [2.45, 2.75) is 19.4 Å². The highest BCUT2D eigenvalue weighted by molar-refractivity contribution is 5.92. The standard InChI is InChI=1S/C18H18F2N2O2.ClH/c1-24-16-5-2-11(8-14(16)19)9-17(23)22-15-4-3-12-10-21-7-6-13(12)18(15)20;/h2-5,8,21H,6-7,9-10H2,1H3,(H,22,23);1H. The first-order chi connectivity index (χ1) is 11.6. The topological polar surface area (TPSA) is 50.4 Å². The van der Waals surface area contributed by atoms with Crippen LogP contribution in [-0.2, 0) is 24.2 Å². The number of ether oxygens (including phenoxy) is 1. The van der Waals surface area contributed by atoms with Gasteiger partial charge in [-0.3, -0.25) is 4.79 Å². The third-order valence-corrected chi connectivity index (χ3v) is 4.06. The average Bonchev–Trinajstić information content (AvgIpc) is 2.58. The minimum absolute atomic E-state index is 0. The molecule has 0 spiro atoms. The molecule has 134 valence electrons. The van der Waals surface area contributed by atoms with Crippen molar-refractivity contribution in [1.29, 1.82) is 0 Å². The molecule has 1 aliphatic rings. The number of hydrogen-bond donors (Lipinski definition) is 2. The highest BCUT2D eigenvalue weighted by Gasteiger charge is 2.17. The van der Waals surface area contributed by atoms with Crippen LogP contribution < -0.4 is 15.4 Å². The number of rotatable bonds is 4. The predicted molar refractivity (Wildman–Crippen MR) is 94.3 cm³/mol. The summed E-state index contributed by atoms with van der Waals surface area (Å²) in [6.45, 7) is 1.35. The largest absolute Gasteiger partial charge is 0.494 e. The van der Waals surface area contributed by atoms with Crippen LogP contribution in [-0.4, -0.2) is 19.6 Å². The normalized spacial score (nSPS) is 12.8. The summed E-state index contributed by atoms with van der Waals surface area (Å²) >= 11 is 0. The molecule has 1 aliphatic heterocycles. The van der Waals surface area contributed by atoms with Gasteiger partial charge in [0.2, 0.25) is 5.91 Å². The smallest absolute Gasteiger partial charge is 0.228 e. The van der Waals surface area contributed by atoms with Gasteiger partial charge in [-0.15, -0.1) is 12.4 Å². The fourth-order valence-corrected chi connectivity index (χ4v) is 2.83. The highest BCUT2D eigenvalue weighted by atomic mass is 35.5. The van der Waals surface area contributed by atoms with E-state index in [0.29, 0.717) is 30.6 Å². The monoisotopic (exact) mass is 368 g/mol. The van der Waals surface area contributed by atoms with E-state index in [9.17, 15) is 13.6 Å². The first-order valence-electron chi connectivity index (χ1n) is 7.71. The molecule has 2 aromatic carbocycles. The minimum atomic E-state index is -0.532. The molecule has 1 amide bonds. The van der Waals surface area contributed by atoms with Gasteiger partial charge in [-0.25, -0.2) is 8.78 Å². The molecule has 1 heterocycles. The molecule has 2 N–H and O–H groups in total. The summed E-state index contributed by atoms with van der Waals surface area (Å²) in [7, 11) is 1.37. The van der Waals surface area contributed by atoms with Crippen LogP contribution in [0.5, 0.6) is 5.75 Å². The molecule has 0 bridgehead atoms. The van der Waals surface area contributed by atoms with Crippen molar-refractivity contribution in [3.8, 4) is 5.75 Å². The van der Waals surface area contributed by atoms with E-state index in [-0.39, 0.29) is 36.1 Å². The molecule has 4 nitrogen and oxygen atoms in total. The Balaban J connectivity index is 0.00000225. The second kappa shape index (κ2) is 8.27. The molecule has 25 heavy (non-hydrogen) atoms. The average molecular weight is 369 g/mol. The van der Waals surface area contributed by atoms with Crippen molar-refractivity contribution < 1.29 is 18.3 Å². The maximum absolute atomic E-state index is 14.5. The fraction of sp³-hybridized carbons (Fsp3) is 0.278. The van der Waals surface area contributed by atoms with E-state index in [4.69, 9.17) is 4.74 Å². The first kappa shape index (κ1) is 19.1. The van der Waals surface area contributed by atoms with Gasteiger partial charge in [-0.05, 0) is 47.9 Å². The van der Waals surface area contributed by atoms with E-state index in [1.54, 1.807) is 12.1 Å². The number of carbonyl (C=O) groups excluding carboxylic acids is 1. The Morgan fingerprint density at radius 2 is 2.08 bits per heavy atom. The molecule has 0 saturated carbocycles. The number of carbonyl (C=O) groups is 1. The van der Waals surface area contributed by atoms with E-state index >= 15 is 0 Å². The Hall–Kier alpha value is -2.18. The molecular weight excluding hydrogens is 350 g/mol. The fourth-order valence-electron chi connectivity index (χ4n) is 2.83. The van der Waals surface area contributed by atoms with E-state index < -0.39 is 11.7 Å². The lowest BCUT2D eigenvalue weighted by Gasteiger charge is -2.19. The molecule has 7 heteroatoms. The summed E-state index contributed by atoms with van der Waals surface area (Å²) in [4.78, 5) is 12.1. The number of anilines is 1. The minimum Gasteiger partial charge on any atom is -0.494 e. The van der Waals surface area contributed by atoms with Gasteiger partial charge in [-0.1, -0.05) is 12.1 Å². The van der Waals surface area contributed by atoms with E-state index in [0.717, 1.165) is 5.56 Å². The van der Waals surface area contributed by atoms with E-state index in [2.05, 4.69) is 10.6 Å². The number of hydrogen-bond acceptors (Lipinski definition) is 3. The van der Waals surface area contributed by atoms with Gasteiger partial charge in [0.15, 0.2) is 11.6 Å². The Bertz CT molecular complexity index is 784. The Kier molecular flexibility index (Phi) is 6.33. The predicted octanol–water partition coefficient (Wildman–Crippen LogP) is 3.22. The maximum atomic E-state index is 14.5. The molecule has 0 aliphatic carbocycles.